The summed E-state index contributed by atoms with van der Waals surface area (Å²) in [6.45, 7) is 2.98. The second-order valence-electron chi connectivity index (χ2n) is 8.27. The van der Waals surface area contributed by atoms with Gasteiger partial charge in [-0.3, -0.25) is 14.5 Å². The first kappa shape index (κ1) is 22.1. The molecule has 1 N–H and O–H groups in total. The Morgan fingerprint density at radius 3 is 2.38 bits per heavy atom. The first-order valence-corrected chi connectivity index (χ1v) is 11.6. The lowest BCUT2D eigenvalue weighted by molar-refractivity contribution is -0.117. The van der Waals surface area contributed by atoms with Gasteiger partial charge in [-0.2, -0.15) is 9.78 Å². The van der Waals surface area contributed by atoms with E-state index in [0.717, 1.165) is 16.5 Å². The van der Waals surface area contributed by atoms with E-state index in [1.54, 1.807) is 6.20 Å². The number of amides is 1. The quantitative estimate of drug-likeness (QED) is 0.477. The van der Waals surface area contributed by atoms with Gasteiger partial charge in [0, 0.05) is 31.9 Å². The Balaban J connectivity index is 1.19. The number of carbonyl (C=O) groups excluding carboxylic acids is 1. The van der Waals surface area contributed by atoms with Gasteiger partial charge in [0.25, 0.3) is 5.56 Å². The van der Waals surface area contributed by atoms with Crippen LogP contribution >= 0.6 is 11.6 Å². The number of carbonyl (C=O) groups is 1. The minimum atomic E-state index is -0.345. The lowest BCUT2D eigenvalue weighted by Gasteiger charge is -2.35. The van der Waals surface area contributed by atoms with E-state index in [2.05, 4.69) is 15.3 Å². The predicted molar refractivity (Wildman–Crippen MR) is 136 cm³/mol. The molecule has 0 unspecified atom stereocenters. The van der Waals surface area contributed by atoms with Crippen molar-refractivity contribution in [1.82, 2.24) is 14.7 Å². The van der Waals surface area contributed by atoms with Crippen LogP contribution in [0.4, 0.5) is 11.4 Å². The molecule has 5 rings (SSSR count). The van der Waals surface area contributed by atoms with Gasteiger partial charge in [-0.25, -0.2) is 0 Å². The van der Waals surface area contributed by atoms with Crippen LogP contribution in [-0.4, -0.2) is 53.3 Å². The molecule has 0 radical (unpaired) electrons. The molecule has 4 aromatic rings. The average Bonchev–Trinajstić information content (AvgIpc) is 2.87. The molecular weight excluding hydrogens is 450 g/mol. The summed E-state index contributed by atoms with van der Waals surface area (Å²) in [6.07, 6.45) is 1.64. The maximum absolute atomic E-state index is 12.8. The largest absolute Gasteiger partial charge is 0.366 e. The van der Waals surface area contributed by atoms with Gasteiger partial charge in [-0.1, -0.05) is 60.1 Å². The second-order valence-corrected chi connectivity index (χ2v) is 8.65. The second kappa shape index (κ2) is 9.67. The van der Waals surface area contributed by atoms with Crippen molar-refractivity contribution in [3.8, 4) is 5.69 Å². The number of aromatic nitrogens is 2. The third kappa shape index (κ3) is 4.66. The van der Waals surface area contributed by atoms with Crippen LogP contribution < -0.4 is 15.8 Å². The Morgan fingerprint density at radius 1 is 0.912 bits per heavy atom. The summed E-state index contributed by atoms with van der Waals surface area (Å²) in [6, 6.07) is 23.2. The first-order valence-electron chi connectivity index (χ1n) is 11.2. The number of para-hydroxylation sites is 1. The lowest BCUT2D eigenvalue weighted by atomic mass is 10.1. The Labute approximate surface area is 202 Å². The average molecular weight is 474 g/mol. The number of piperazine rings is 1. The highest BCUT2D eigenvalue weighted by Crippen LogP contribution is 2.23. The number of hydrogen-bond donors (Lipinski definition) is 1. The summed E-state index contributed by atoms with van der Waals surface area (Å²) in [5, 5.41) is 9.70. The van der Waals surface area contributed by atoms with E-state index >= 15 is 0 Å². The van der Waals surface area contributed by atoms with Crippen molar-refractivity contribution in [2.75, 3.05) is 42.9 Å². The number of nitrogens with zero attached hydrogens (tertiary/aromatic N) is 4. The molecule has 1 fully saturated rings. The Kier molecular flexibility index (Phi) is 6.29. The molecule has 1 aliphatic heterocycles. The number of anilines is 2. The molecule has 1 amide bonds. The highest BCUT2D eigenvalue weighted by molar-refractivity contribution is 6.33. The smallest absolute Gasteiger partial charge is 0.292 e. The fourth-order valence-electron chi connectivity index (χ4n) is 4.22. The van der Waals surface area contributed by atoms with Crippen LogP contribution in [0.5, 0.6) is 0 Å². The molecule has 0 atom stereocenters. The molecule has 7 nitrogen and oxygen atoms in total. The van der Waals surface area contributed by atoms with Crippen molar-refractivity contribution < 1.29 is 4.79 Å². The van der Waals surface area contributed by atoms with E-state index in [1.165, 1.54) is 4.68 Å². The van der Waals surface area contributed by atoms with Gasteiger partial charge in [0.1, 0.15) is 5.02 Å². The van der Waals surface area contributed by atoms with Gasteiger partial charge in [-0.15, -0.1) is 0 Å². The van der Waals surface area contributed by atoms with Gasteiger partial charge in [-0.05, 0) is 35.0 Å². The van der Waals surface area contributed by atoms with E-state index < -0.39 is 0 Å². The molecule has 1 aromatic heterocycles. The summed E-state index contributed by atoms with van der Waals surface area (Å²) in [7, 11) is 0. The molecule has 172 valence electrons. The van der Waals surface area contributed by atoms with E-state index in [1.807, 2.05) is 77.7 Å². The molecule has 2 heterocycles. The van der Waals surface area contributed by atoms with Gasteiger partial charge in [0.05, 0.1) is 24.1 Å². The van der Waals surface area contributed by atoms with Gasteiger partial charge >= 0.3 is 0 Å². The molecule has 34 heavy (non-hydrogen) atoms. The molecule has 0 saturated carbocycles. The summed E-state index contributed by atoms with van der Waals surface area (Å²) >= 11 is 6.44. The molecule has 8 heteroatoms. The SMILES string of the molecule is O=C(CN1CCN(c2cnn(-c3ccccc3)c(=O)c2Cl)CC1)Nc1ccc2ccccc2c1. The van der Waals surface area contributed by atoms with Crippen molar-refractivity contribution in [3.05, 3.63) is 94.4 Å². The summed E-state index contributed by atoms with van der Waals surface area (Å²) in [5.41, 5.74) is 1.74. The normalized spacial score (nSPS) is 14.3. The van der Waals surface area contributed by atoms with Crippen LogP contribution in [-0.2, 0) is 4.79 Å². The van der Waals surface area contributed by atoms with Gasteiger partial charge in [0.15, 0.2) is 0 Å². The summed E-state index contributed by atoms with van der Waals surface area (Å²) < 4.78 is 1.30. The van der Waals surface area contributed by atoms with Crippen molar-refractivity contribution in [2.45, 2.75) is 0 Å². The third-order valence-corrected chi connectivity index (χ3v) is 6.37. The van der Waals surface area contributed by atoms with E-state index in [4.69, 9.17) is 11.6 Å². The Hall–Kier alpha value is -3.68. The van der Waals surface area contributed by atoms with Crippen LogP contribution in [0.2, 0.25) is 5.02 Å². The molecule has 1 aliphatic rings. The number of nitrogens with one attached hydrogen (secondary N) is 1. The standard InChI is InChI=1S/C26H24ClN5O2/c27-25-23(17-28-32(26(25)34)22-8-2-1-3-9-22)31-14-12-30(13-15-31)18-24(33)29-21-11-10-19-6-4-5-7-20(19)16-21/h1-11,16-17H,12-15,18H2,(H,29,33). The maximum atomic E-state index is 12.8. The number of rotatable bonds is 5. The van der Waals surface area contributed by atoms with E-state index in [0.29, 0.717) is 44.1 Å². The first-order chi connectivity index (χ1) is 16.6. The molecule has 0 spiro atoms. The summed E-state index contributed by atoms with van der Waals surface area (Å²) in [4.78, 5) is 29.5. The highest BCUT2D eigenvalue weighted by Gasteiger charge is 2.23. The van der Waals surface area contributed by atoms with E-state index in [9.17, 15) is 9.59 Å². The molecular formula is C26H24ClN5O2. The van der Waals surface area contributed by atoms with Crippen molar-refractivity contribution in [3.63, 3.8) is 0 Å². The zero-order valence-corrected chi connectivity index (χ0v) is 19.3. The Bertz CT molecular complexity index is 1380. The maximum Gasteiger partial charge on any atom is 0.292 e. The topological polar surface area (TPSA) is 70.5 Å². The minimum Gasteiger partial charge on any atom is -0.366 e. The van der Waals surface area contributed by atoms with Gasteiger partial charge < -0.3 is 10.2 Å². The monoisotopic (exact) mass is 473 g/mol. The summed E-state index contributed by atoms with van der Waals surface area (Å²) in [5.74, 6) is -0.0473. The van der Waals surface area contributed by atoms with Crippen LogP contribution in [0.15, 0.2) is 83.8 Å². The Morgan fingerprint density at radius 2 is 1.62 bits per heavy atom. The van der Waals surface area contributed by atoms with Gasteiger partial charge in [0.2, 0.25) is 5.91 Å². The zero-order chi connectivity index (χ0) is 23.5. The lowest BCUT2D eigenvalue weighted by Crippen LogP contribution is -2.49. The number of halogens is 1. The minimum absolute atomic E-state index is 0.0473. The van der Waals surface area contributed by atoms with Crippen LogP contribution in [0.25, 0.3) is 16.5 Å². The fourth-order valence-corrected chi connectivity index (χ4v) is 4.46. The highest BCUT2D eigenvalue weighted by atomic mass is 35.5. The van der Waals surface area contributed by atoms with Crippen LogP contribution in [0.3, 0.4) is 0 Å². The number of hydrogen-bond acceptors (Lipinski definition) is 5. The predicted octanol–water partition coefficient (Wildman–Crippen LogP) is 3.80. The van der Waals surface area contributed by atoms with Crippen molar-refractivity contribution in [2.24, 2.45) is 0 Å². The number of benzene rings is 3. The van der Waals surface area contributed by atoms with Crippen molar-refractivity contribution >= 4 is 39.7 Å². The van der Waals surface area contributed by atoms with E-state index in [-0.39, 0.29) is 16.5 Å². The van der Waals surface area contributed by atoms with Crippen LogP contribution in [0.1, 0.15) is 0 Å². The molecule has 1 saturated heterocycles. The molecule has 0 bridgehead atoms. The fraction of sp³-hybridized carbons (Fsp3) is 0.192. The van der Waals surface area contributed by atoms with Crippen molar-refractivity contribution in [1.29, 1.82) is 0 Å². The molecule has 3 aromatic carbocycles. The number of fused-ring (bicyclic) bond motifs is 1. The third-order valence-electron chi connectivity index (χ3n) is 6.01. The van der Waals surface area contributed by atoms with Crippen LogP contribution in [0, 0.1) is 0 Å². The molecule has 0 aliphatic carbocycles. The zero-order valence-electron chi connectivity index (χ0n) is 18.5.